The maximum atomic E-state index is 10.7. The molecule has 0 fully saturated rings. The van der Waals surface area contributed by atoms with Gasteiger partial charge in [-0.25, -0.2) is 24.3 Å². The number of nitrogens with zero attached hydrogens (tertiary/aromatic N) is 1. The van der Waals surface area contributed by atoms with Gasteiger partial charge < -0.3 is 9.64 Å². The molecule has 0 atom stereocenters. The van der Waals surface area contributed by atoms with Gasteiger partial charge in [0.2, 0.25) is 0 Å². The smallest absolute Gasteiger partial charge is 0.475 e. The van der Waals surface area contributed by atoms with Crippen molar-refractivity contribution in [3.8, 4) is 0 Å². The average Bonchev–Trinajstić information content (AvgIpc) is 2.99. The Bertz CT molecular complexity index is 433. The van der Waals surface area contributed by atoms with Crippen LogP contribution in [0.3, 0.4) is 0 Å². The summed E-state index contributed by atoms with van der Waals surface area (Å²) in [6, 6.07) is 15.4. The van der Waals surface area contributed by atoms with Crippen LogP contribution in [0, 0.1) is 0 Å². The second kappa shape index (κ2) is 9.56. The Labute approximate surface area is 125 Å². The zero-order valence-corrected chi connectivity index (χ0v) is 12.5. The summed E-state index contributed by atoms with van der Waals surface area (Å²) in [5.41, 5.74) is 2.00. The van der Waals surface area contributed by atoms with Crippen LogP contribution in [0.2, 0.25) is 0 Å². The molecule has 0 N–H and O–H groups in total. The third-order valence-electron chi connectivity index (χ3n) is 2.31. The van der Waals surface area contributed by atoms with E-state index in [1.54, 1.807) is 24.3 Å². The number of hydrogen-bond acceptors (Lipinski definition) is 3. The van der Waals surface area contributed by atoms with Crippen LogP contribution < -0.4 is 0 Å². The van der Waals surface area contributed by atoms with Crippen molar-refractivity contribution in [3.63, 3.8) is 0 Å². The van der Waals surface area contributed by atoms with E-state index in [0.29, 0.717) is 5.56 Å². The zero-order chi connectivity index (χ0) is 13.4. The average molecular weight is 301 g/mol. The second-order valence-electron chi connectivity index (χ2n) is 4.20. The van der Waals surface area contributed by atoms with Crippen molar-refractivity contribution in [1.82, 2.24) is 4.90 Å². The Hall–Kier alpha value is -1.35. The minimum atomic E-state index is -0.278. The largest absolute Gasteiger partial charge is 2.00 e. The minimum Gasteiger partial charge on any atom is -0.475 e. The molecule has 2 aromatic carbocycles. The molecular formula is C15H19FeNO2. The molecule has 104 valence electrons. The molecule has 0 radical (unpaired) electrons. The van der Waals surface area contributed by atoms with Crippen molar-refractivity contribution in [2.75, 3.05) is 21.2 Å². The van der Waals surface area contributed by atoms with Gasteiger partial charge in [-0.3, -0.25) is 4.79 Å². The van der Waals surface area contributed by atoms with Gasteiger partial charge in [-0.2, -0.15) is 24.3 Å². The number of hydrogen-bond donors (Lipinski definition) is 0. The molecule has 3 nitrogen and oxygen atoms in total. The predicted molar refractivity (Wildman–Crippen MR) is 72.8 cm³/mol. The van der Waals surface area contributed by atoms with Crippen LogP contribution in [-0.2, 0) is 28.4 Å². The van der Waals surface area contributed by atoms with E-state index in [2.05, 4.69) is 48.0 Å². The Morgan fingerprint density at radius 1 is 1.05 bits per heavy atom. The Kier molecular flexibility index (Phi) is 8.88. The second-order valence-corrected chi connectivity index (χ2v) is 4.20. The molecule has 2 rings (SSSR count). The van der Waals surface area contributed by atoms with Gasteiger partial charge in [0.05, 0.1) is 7.11 Å². The van der Waals surface area contributed by atoms with Gasteiger partial charge in [0.15, 0.2) is 0 Å². The van der Waals surface area contributed by atoms with Crippen LogP contribution in [0.4, 0.5) is 0 Å². The van der Waals surface area contributed by atoms with Crippen molar-refractivity contribution >= 4 is 5.97 Å². The summed E-state index contributed by atoms with van der Waals surface area (Å²) in [5, 5.41) is 0. The quantitative estimate of drug-likeness (QED) is 0.496. The molecule has 0 heterocycles. The molecule has 4 heteroatoms. The number of methoxy groups -OCH3 is 1. The number of ether oxygens (including phenoxy) is 1. The van der Waals surface area contributed by atoms with Crippen LogP contribution >= 0.6 is 0 Å². The van der Waals surface area contributed by atoms with E-state index >= 15 is 0 Å². The van der Waals surface area contributed by atoms with E-state index in [9.17, 15) is 4.79 Å². The van der Waals surface area contributed by atoms with Crippen molar-refractivity contribution < 1.29 is 26.6 Å². The normalized spacial score (nSPS) is 9.26. The SMILES string of the molecule is CN(C)C[c-]1cccc1.COC(=O)[c-]1cccc1.[Fe+2]. The minimum absolute atomic E-state index is 0. The molecule has 0 bridgehead atoms. The van der Waals surface area contributed by atoms with Gasteiger partial charge in [-0.15, -0.1) is 5.56 Å². The van der Waals surface area contributed by atoms with Crippen LogP contribution in [0.5, 0.6) is 0 Å². The summed E-state index contributed by atoms with van der Waals surface area (Å²) in [7, 11) is 5.52. The third-order valence-corrected chi connectivity index (χ3v) is 2.31. The molecule has 2 aromatic rings. The van der Waals surface area contributed by atoms with Gasteiger partial charge in [0.1, 0.15) is 0 Å². The van der Waals surface area contributed by atoms with Gasteiger partial charge in [0.25, 0.3) is 5.97 Å². The van der Waals surface area contributed by atoms with Gasteiger partial charge in [-0.1, -0.05) is 5.56 Å². The maximum Gasteiger partial charge on any atom is 2.00 e. The van der Waals surface area contributed by atoms with Crippen LogP contribution in [0.25, 0.3) is 0 Å². The zero-order valence-electron chi connectivity index (χ0n) is 11.4. The molecule has 0 saturated heterocycles. The number of esters is 1. The van der Waals surface area contributed by atoms with Crippen LogP contribution in [0.1, 0.15) is 15.9 Å². The van der Waals surface area contributed by atoms with E-state index in [1.807, 2.05) is 0 Å². The first-order valence-electron chi connectivity index (χ1n) is 5.79. The summed E-state index contributed by atoms with van der Waals surface area (Å²) in [6.07, 6.45) is 0. The van der Waals surface area contributed by atoms with Crippen molar-refractivity contribution in [2.45, 2.75) is 6.54 Å². The first-order valence-corrected chi connectivity index (χ1v) is 5.79. The maximum absolute atomic E-state index is 10.7. The molecule has 0 aliphatic carbocycles. The molecule has 0 unspecified atom stereocenters. The third kappa shape index (κ3) is 6.97. The Morgan fingerprint density at radius 3 is 1.95 bits per heavy atom. The fourth-order valence-electron chi connectivity index (χ4n) is 1.51. The molecule has 0 amide bonds. The Morgan fingerprint density at radius 2 is 1.53 bits per heavy atom. The predicted octanol–water partition coefficient (Wildman–Crippen LogP) is 2.66. The summed E-state index contributed by atoms with van der Waals surface area (Å²) in [5.74, 6) is -0.278. The fraction of sp³-hybridized carbons (Fsp3) is 0.267. The monoisotopic (exact) mass is 301 g/mol. The molecule has 0 aromatic heterocycles. The van der Waals surface area contributed by atoms with Crippen molar-refractivity contribution in [2.24, 2.45) is 0 Å². The molecule has 0 spiro atoms. The van der Waals surface area contributed by atoms with Gasteiger partial charge in [-0.05, 0) is 20.6 Å². The number of rotatable bonds is 3. The van der Waals surface area contributed by atoms with Crippen LogP contribution in [-0.4, -0.2) is 32.1 Å². The van der Waals surface area contributed by atoms with Crippen LogP contribution in [0.15, 0.2) is 48.5 Å². The first-order chi connectivity index (χ1) is 8.63. The standard InChI is InChI=1S/C8H12N.C7H7O2.Fe/c1-9(2)7-8-5-3-4-6-8;1-9-7(8)6-4-2-3-5-6;/h3-6H,7H2,1-2H3;2-5H,1H3;/q2*-1;+2. The summed E-state index contributed by atoms with van der Waals surface area (Å²) in [6.45, 7) is 1.05. The van der Waals surface area contributed by atoms with E-state index in [0.717, 1.165) is 6.54 Å². The summed E-state index contributed by atoms with van der Waals surface area (Å²) < 4.78 is 4.46. The summed E-state index contributed by atoms with van der Waals surface area (Å²) >= 11 is 0. The molecular weight excluding hydrogens is 282 g/mol. The molecule has 0 aliphatic rings. The van der Waals surface area contributed by atoms with E-state index < -0.39 is 0 Å². The molecule has 0 aliphatic heterocycles. The molecule has 19 heavy (non-hydrogen) atoms. The first kappa shape index (κ1) is 17.6. The van der Waals surface area contributed by atoms with Crippen molar-refractivity contribution in [3.05, 3.63) is 59.7 Å². The van der Waals surface area contributed by atoms with E-state index in [1.165, 1.54) is 12.7 Å². The topological polar surface area (TPSA) is 29.5 Å². The number of carbonyl (C=O) groups excluding carboxylic acids is 1. The van der Waals surface area contributed by atoms with E-state index in [4.69, 9.17) is 0 Å². The summed E-state index contributed by atoms with van der Waals surface area (Å²) in [4.78, 5) is 12.8. The fourth-order valence-corrected chi connectivity index (χ4v) is 1.51. The van der Waals surface area contributed by atoms with Crippen molar-refractivity contribution in [1.29, 1.82) is 0 Å². The van der Waals surface area contributed by atoms with Gasteiger partial charge in [0, 0.05) is 0 Å². The van der Waals surface area contributed by atoms with Gasteiger partial charge >= 0.3 is 17.1 Å². The Balaban J connectivity index is 0.000000324. The van der Waals surface area contributed by atoms with E-state index in [-0.39, 0.29) is 23.0 Å². The molecule has 0 saturated carbocycles. The number of carbonyl (C=O) groups is 1.